The van der Waals surface area contributed by atoms with Gasteiger partial charge in [-0.1, -0.05) is 0 Å². The van der Waals surface area contributed by atoms with Crippen LogP contribution in [0.15, 0.2) is 0 Å². The molecule has 0 radical (unpaired) electrons. The van der Waals surface area contributed by atoms with E-state index in [9.17, 15) is 18.0 Å². The second-order valence-electron chi connectivity index (χ2n) is 5.02. The van der Waals surface area contributed by atoms with Crippen molar-refractivity contribution in [2.45, 2.75) is 31.7 Å². The lowest BCUT2D eigenvalue weighted by Crippen LogP contribution is -2.55. The molecule has 0 bridgehead atoms. The van der Waals surface area contributed by atoms with Gasteiger partial charge in [0.2, 0.25) is 5.82 Å². The van der Waals surface area contributed by atoms with Gasteiger partial charge in [-0.3, -0.25) is 9.69 Å². The maximum absolute atomic E-state index is 12.6. The standard InChI is InChI=1S/C10H14F3N5O2/c1-9(14,8(19)20)5-17-2-3-18-6(4-17)15-16-7(18)10(11,12)13/h2-5,14H2,1H3,(H,19,20). The summed E-state index contributed by atoms with van der Waals surface area (Å²) in [5.41, 5.74) is 4.16. The highest BCUT2D eigenvalue weighted by Gasteiger charge is 2.40. The number of carboxylic acids is 1. The molecule has 112 valence electrons. The van der Waals surface area contributed by atoms with Crippen LogP contribution in [-0.4, -0.2) is 49.4 Å². The molecule has 1 unspecified atom stereocenters. The molecule has 1 aliphatic rings. The molecule has 0 amide bonds. The van der Waals surface area contributed by atoms with Crippen LogP contribution in [0.5, 0.6) is 0 Å². The van der Waals surface area contributed by atoms with Crippen LogP contribution in [0.25, 0.3) is 0 Å². The van der Waals surface area contributed by atoms with Gasteiger partial charge in [-0.05, 0) is 6.92 Å². The number of nitrogens with zero attached hydrogens (tertiary/aromatic N) is 4. The van der Waals surface area contributed by atoms with Crippen molar-refractivity contribution in [1.29, 1.82) is 0 Å². The SMILES string of the molecule is CC(N)(CN1CCn2c(nnc2C(F)(F)F)C1)C(=O)O. The first-order valence-corrected chi connectivity index (χ1v) is 5.85. The topological polar surface area (TPSA) is 97.3 Å². The Hall–Kier alpha value is -1.68. The molecule has 0 fully saturated rings. The van der Waals surface area contributed by atoms with Crippen LogP contribution in [0, 0.1) is 0 Å². The molecule has 20 heavy (non-hydrogen) atoms. The van der Waals surface area contributed by atoms with E-state index in [0.717, 1.165) is 4.57 Å². The fourth-order valence-corrected chi connectivity index (χ4v) is 2.08. The van der Waals surface area contributed by atoms with E-state index in [-0.39, 0.29) is 32.0 Å². The zero-order valence-electron chi connectivity index (χ0n) is 10.7. The van der Waals surface area contributed by atoms with Gasteiger partial charge in [0.05, 0.1) is 6.54 Å². The Kier molecular flexibility index (Phi) is 3.46. The van der Waals surface area contributed by atoms with Crippen molar-refractivity contribution in [2.75, 3.05) is 13.1 Å². The van der Waals surface area contributed by atoms with Crippen LogP contribution < -0.4 is 5.73 Å². The van der Waals surface area contributed by atoms with Crippen molar-refractivity contribution in [2.24, 2.45) is 5.73 Å². The number of hydrogen-bond acceptors (Lipinski definition) is 5. The summed E-state index contributed by atoms with van der Waals surface area (Å²) in [4.78, 5) is 12.6. The van der Waals surface area contributed by atoms with Crippen LogP contribution in [-0.2, 0) is 24.1 Å². The molecule has 0 aromatic carbocycles. The Morgan fingerprint density at radius 3 is 2.60 bits per heavy atom. The van der Waals surface area contributed by atoms with Crippen molar-refractivity contribution < 1.29 is 23.1 Å². The van der Waals surface area contributed by atoms with E-state index < -0.39 is 23.5 Å². The summed E-state index contributed by atoms with van der Waals surface area (Å²) in [6.07, 6.45) is -4.54. The molecule has 0 spiro atoms. The fraction of sp³-hybridized carbons (Fsp3) is 0.700. The number of hydrogen-bond donors (Lipinski definition) is 2. The molecule has 1 aliphatic heterocycles. The van der Waals surface area contributed by atoms with Crippen molar-refractivity contribution in [3.63, 3.8) is 0 Å². The molecule has 0 saturated heterocycles. The second-order valence-corrected chi connectivity index (χ2v) is 5.02. The molecule has 2 heterocycles. The lowest BCUT2D eigenvalue weighted by atomic mass is 10.0. The quantitative estimate of drug-likeness (QED) is 0.808. The normalized spacial score (nSPS) is 19.4. The van der Waals surface area contributed by atoms with E-state index in [0.29, 0.717) is 0 Å². The van der Waals surface area contributed by atoms with Crippen LogP contribution in [0.4, 0.5) is 13.2 Å². The zero-order chi connectivity index (χ0) is 15.1. The molecule has 0 aliphatic carbocycles. The summed E-state index contributed by atoms with van der Waals surface area (Å²) < 4.78 is 39.0. The van der Waals surface area contributed by atoms with E-state index in [1.165, 1.54) is 6.92 Å². The number of nitrogens with two attached hydrogens (primary N) is 1. The van der Waals surface area contributed by atoms with E-state index in [4.69, 9.17) is 10.8 Å². The minimum Gasteiger partial charge on any atom is -0.480 e. The lowest BCUT2D eigenvalue weighted by molar-refractivity contribution is -0.148. The number of halogens is 3. The fourth-order valence-electron chi connectivity index (χ4n) is 2.08. The van der Waals surface area contributed by atoms with Gasteiger partial charge < -0.3 is 15.4 Å². The zero-order valence-corrected chi connectivity index (χ0v) is 10.7. The van der Waals surface area contributed by atoms with Gasteiger partial charge in [0.1, 0.15) is 11.4 Å². The summed E-state index contributed by atoms with van der Waals surface area (Å²) in [7, 11) is 0. The van der Waals surface area contributed by atoms with Gasteiger partial charge >= 0.3 is 12.1 Å². The number of carboxylic acid groups (broad SMARTS) is 1. The van der Waals surface area contributed by atoms with Crippen molar-refractivity contribution in [3.05, 3.63) is 11.6 Å². The summed E-state index contributed by atoms with van der Waals surface area (Å²) in [6.45, 7) is 1.77. The molecule has 0 saturated carbocycles. The van der Waals surface area contributed by atoms with Gasteiger partial charge in [0, 0.05) is 19.6 Å². The van der Waals surface area contributed by atoms with Crippen LogP contribution in [0.3, 0.4) is 0 Å². The molecule has 3 N–H and O–H groups in total. The highest BCUT2D eigenvalue weighted by Crippen LogP contribution is 2.29. The number of carbonyl (C=O) groups is 1. The highest BCUT2D eigenvalue weighted by atomic mass is 19.4. The van der Waals surface area contributed by atoms with Gasteiger partial charge in [-0.15, -0.1) is 10.2 Å². The Balaban J connectivity index is 2.13. The molecular weight excluding hydrogens is 279 g/mol. The average Bonchev–Trinajstić information content (AvgIpc) is 2.70. The smallest absolute Gasteiger partial charge is 0.451 e. The highest BCUT2D eigenvalue weighted by molar-refractivity contribution is 5.78. The third-order valence-electron chi connectivity index (χ3n) is 3.13. The predicted molar refractivity (Wildman–Crippen MR) is 60.5 cm³/mol. The lowest BCUT2D eigenvalue weighted by Gasteiger charge is -2.32. The van der Waals surface area contributed by atoms with Crippen LogP contribution >= 0.6 is 0 Å². The number of rotatable bonds is 3. The van der Waals surface area contributed by atoms with Crippen molar-refractivity contribution in [3.8, 4) is 0 Å². The van der Waals surface area contributed by atoms with Gasteiger partial charge in [0.15, 0.2) is 0 Å². The minimum absolute atomic E-state index is 0.0243. The first-order valence-electron chi connectivity index (χ1n) is 5.85. The minimum atomic E-state index is -4.54. The molecule has 1 atom stereocenters. The molecule has 1 aromatic rings. The number of alkyl halides is 3. The van der Waals surface area contributed by atoms with Crippen LogP contribution in [0.2, 0.25) is 0 Å². The van der Waals surface area contributed by atoms with E-state index in [2.05, 4.69) is 10.2 Å². The summed E-state index contributed by atoms with van der Waals surface area (Å²) >= 11 is 0. The number of aromatic nitrogens is 3. The molecule has 2 rings (SSSR count). The van der Waals surface area contributed by atoms with Gasteiger partial charge in [-0.2, -0.15) is 13.2 Å². The van der Waals surface area contributed by atoms with Gasteiger partial charge in [0.25, 0.3) is 0 Å². The Morgan fingerprint density at radius 2 is 2.05 bits per heavy atom. The third-order valence-corrected chi connectivity index (χ3v) is 3.13. The average molecular weight is 293 g/mol. The summed E-state index contributed by atoms with van der Waals surface area (Å²) in [5.74, 6) is -2.04. The summed E-state index contributed by atoms with van der Waals surface area (Å²) in [6, 6.07) is 0. The monoisotopic (exact) mass is 293 g/mol. The molecule has 7 nitrogen and oxygen atoms in total. The predicted octanol–water partition coefficient (Wildman–Crippen LogP) is -0.0855. The maximum Gasteiger partial charge on any atom is 0.451 e. The van der Waals surface area contributed by atoms with Crippen molar-refractivity contribution >= 4 is 5.97 Å². The third kappa shape index (κ3) is 2.75. The van der Waals surface area contributed by atoms with E-state index in [1.807, 2.05) is 0 Å². The first-order chi connectivity index (χ1) is 9.11. The Bertz CT molecular complexity index is 525. The maximum atomic E-state index is 12.6. The molecular formula is C10H14F3N5O2. The van der Waals surface area contributed by atoms with E-state index >= 15 is 0 Å². The first kappa shape index (κ1) is 14.7. The molecule has 1 aromatic heterocycles. The largest absolute Gasteiger partial charge is 0.480 e. The number of fused-ring (bicyclic) bond motifs is 1. The van der Waals surface area contributed by atoms with Crippen LogP contribution in [0.1, 0.15) is 18.6 Å². The second kappa shape index (κ2) is 4.70. The Labute approximate surface area is 112 Å². The van der Waals surface area contributed by atoms with Crippen molar-refractivity contribution in [1.82, 2.24) is 19.7 Å². The van der Waals surface area contributed by atoms with Gasteiger partial charge in [-0.25, -0.2) is 0 Å². The number of aliphatic carboxylic acids is 1. The Morgan fingerprint density at radius 1 is 1.40 bits per heavy atom. The molecule has 10 heteroatoms. The van der Waals surface area contributed by atoms with E-state index in [1.54, 1.807) is 4.90 Å². The summed E-state index contributed by atoms with van der Waals surface area (Å²) in [5, 5.41) is 15.6.